The van der Waals surface area contributed by atoms with Crippen molar-refractivity contribution in [1.82, 2.24) is 14.5 Å². The summed E-state index contributed by atoms with van der Waals surface area (Å²) in [5.41, 5.74) is 1.59. The molecule has 2 aromatic heterocycles. The molecule has 3 heterocycles. The van der Waals surface area contributed by atoms with Gasteiger partial charge in [0.2, 0.25) is 12.4 Å². The van der Waals surface area contributed by atoms with Crippen LogP contribution >= 0.6 is 0 Å². The van der Waals surface area contributed by atoms with Crippen LogP contribution in [-0.4, -0.2) is 34.1 Å². The summed E-state index contributed by atoms with van der Waals surface area (Å²) in [5, 5.41) is 0. The second-order valence-corrected chi connectivity index (χ2v) is 4.65. The summed E-state index contributed by atoms with van der Waals surface area (Å²) in [4.78, 5) is 10.6. The van der Waals surface area contributed by atoms with E-state index in [2.05, 4.69) is 9.97 Å². The third-order valence-corrected chi connectivity index (χ3v) is 3.47. The summed E-state index contributed by atoms with van der Waals surface area (Å²) >= 11 is 0. The fourth-order valence-corrected chi connectivity index (χ4v) is 2.47. The van der Waals surface area contributed by atoms with Gasteiger partial charge in [-0.15, -0.1) is 0 Å². The normalized spacial score (nSPS) is 20.2. The van der Waals surface area contributed by atoms with E-state index in [1.165, 1.54) is 0 Å². The largest absolute Gasteiger partial charge is 0.342 e. The molecule has 2 aromatic rings. The number of halogens is 2. The lowest BCUT2D eigenvalue weighted by Gasteiger charge is -2.17. The monoisotopic (exact) mass is 252 g/mol. The molecule has 0 radical (unpaired) electrons. The van der Waals surface area contributed by atoms with Crippen molar-refractivity contribution < 1.29 is 8.78 Å². The second kappa shape index (κ2) is 4.19. The van der Waals surface area contributed by atoms with Gasteiger partial charge in [0.05, 0.1) is 0 Å². The van der Waals surface area contributed by atoms with E-state index in [4.69, 9.17) is 0 Å². The number of anilines is 1. The molecule has 1 saturated heterocycles. The fraction of sp³-hybridized carbons (Fsp3) is 0.500. The zero-order valence-corrected chi connectivity index (χ0v) is 10.1. The highest BCUT2D eigenvalue weighted by Crippen LogP contribution is 2.28. The average molecular weight is 252 g/mol. The molecule has 1 fully saturated rings. The van der Waals surface area contributed by atoms with Crippen LogP contribution in [0.3, 0.4) is 0 Å². The van der Waals surface area contributed by atoms with Gasteiger partial charge in [0.1, 0.15) is 5.52 Å². The zero-order valence-electron chi connectivity index (χ0n) is 10.1. The van der Waals surface area contributed by atoms with Gasteiger partial charge in [0.25, 0.3) is 0 Å². The van der Waals surface area contributed by atoms with Crippen molar-refractivity contribution in [2.45, 2.75) is 12.8 Å². The van der Waals surface area contributed by atoms with Crippen LogP contribution in [-0.2, 0) is 7.05 Å². The van der Waals surface area contributed by atoms with Gasteiger partial charge >= 0.3 is 0 Å². The van der Waals surface area contributed by atoms with Crippen LogP contribution in [0.1, 0.15) is 6.42 Å². The number of pyridine rings is 1. The Balaban J connectivity index is 1.93. The van der Waals surface area contributed by atoms with Crippen LogP contribution in [0.2, 0.25) is 0 Å². The maximum absolute atomic E-state index is 12.7. The third kappa shape index (κ3) is 1.72. The molecule has 0 N–H and O–H groups in total. The van der Waals surface area contributed by atoms with E-state index in [9.17, 15) is 8.78 Å². The van der Waals surface area contributed by atoms with Gasteiger partial charge in [0.15, 0.2) is 5.65 Å². The smallest absolute Gasteiger partial charge is 0.243 e. The van der Waals surface area contributed by atoms with Crippen molar-refractivity contribution in [2.24, 2.45) is 13.0 Å². The number of hydrogen-bond acceptors (Lipinski definition) is 3. The highest BCUT2D eigenvalue weighted by molar-refractivity contribution is 5.74. The molecule has 1 aliphatic heterocycles. The molecular formula is C12H14F2N4. The number of nitrogens with zero attached hydrogens (tertiary/aromatic N) is 4. The molecule has 6 heteroatoms. The minimum atomic E-state index is -2.25. The van der Waals surface area contributed by atoms with E-state index >= 15 is 0 Å². The minimum Gasteiger partial charge on any atom is -0.342 e. The van der Waals surface area contributed by atoms with E-state index < -0.39 is 12.3 Å². The van der Waals surface area contributed by atoms with Crippen molar-refractivity contribution in [3.8, 4) is 0 Å². The number of aromatic nitrogens is 3. The Kier molecular flexibility index (Phi) is 2.65. The first kappa shape index (κ1) is 11.4. The van der Waals surface area contributed by atoms with Gasteiger partial charge in [-0.05, 0) is 18.6 Å². The van der Waals surface area contributed by atoms with Gasteiger partial charge in [-0.1, -0.05) is 0 Å². The van der Waals surface area contributed by atoms with Gasteiger partial charge in [0, 0.05) is 32.3 Å². The number of fused-ring (bicyclic) bond motifs is 1. The van der Waals surface area contributed by atoms with Crippen LogP contribution in [0.15, 0.2) is 18.3 Å². The second-order valence-electron chi connectivity index (χ2n) is 4.65. The van der Waals surface area contributed by atoms with E-state index in [1.54, 1.807) is 6.20 Å². The van der Waals surface area contributed by atoms with Gasteiger partial charge in [-0.2, -0.15) is 0 Å². The molecule has 0 amide bonds. The Morgan fingerprint density at radius 3 is 2.94 bits per heavy atom. The first-order valence-electron chi connectivity index (χ1n) is 5.97. The first-order chi connectivity index (χ1) is 8.66. The lowest BCUT2D eigenvalue weighted by molar-refractivity contribution is 0.0879. The molecule has 0 bridgehead atoms. The summed E-state index contributed by atoms with van der Waals surface area (Å²) in [5.74, 6) is 0.185. The Bertz CT molecular complexity index is 566. The van der Waals surface area contributed by atoms with Crippen LogP contribution in [0.4, 0.5) is 14.7 Å². The van der Waals surface area contributed by atoms with Crippen LogP contribution < -0.4 is 4.90 Å². The van der Waals surface area contributed by atoms with E-state index in [1.807, 2.05) is 28.6 Å². The minimum absolute atomic E-state index is 0.370. The SMILES string of the molecule is Cn1c(N2CCC(C(F)F)C2)nc2cccnc21. The molecule has 1 atom stereocenters. The first-order valence-corrected chi connectivity index (χ1v) is 5.97. The molecule has 4 nitrogen and oxygen atoms in total. The summed E-state index contributed by atoms with van der Waals surface area (Å²) in [6, 6.07) is 3.71. The quantitative estimate of drug-likeness (QED) is 0.820. The summed E-state index contributed by atoms with van der Waals surface area (Å²) in [6.07, 6.45) is -0.0172. The van der Waals surface area contributed by atoms with E-state index in [0.717, 1.165) is 17.1 Å². The van der Waals surface area contributed by atoms with Crippen LogP contribution in [0.25, 0.3) is 11.2 Å². The number of imidazole rings is 1. The lowest BCUT2D eigenvalue weighted by Crippen LogP contribution is -2.24. The molecule has 0 aromatic carbocycles. The maximum atomic E-state index is 12.7. The highest BCUT2D eigenvalue weighted by Gasteiger charge is 2.31. The summed E-state index contributed by atoms with van der Waals surface area (Å²) in [7, 11) is 1.87. The van der Waals surface area contributed by atoms with E-state index in [-0.39, 0.29) is 0 Å². The molecule has 1 aliphatic rings. The van der Waals surface area contributed by atoms with Crippen molar-refractivity contribution in [3.63, 3.8) is 0 Å². The maximum Gasteiger partial charge on any atom is 0.243 e. The van der Waals surface area contributed by atoms with Crippen molar-refractivity contribution in [1.29, 1.82) is 0 Å². The topological polar surface area (TPSA) is 34.0 Å². The molecule has 18 heavy (non-hydrogen) atoms. The van der Waals surface area contributed by atoms with Crippen LogP contribution in [0, 0.1) is 5.92 Å². The lowest BCUT2D eigenvalue weighted by atomic mass is 10.1. The number of hydrogen-bond donors (Lipinski definition) is 0. The highest BCUT2D eigenvalue weighted by atomic mass is 19.3. The van der Waals surface area contributed by atoms with Gasteiger partial charge in [-0.25, -0.2) is 18.7 Å². The fourth-order valence-electron chi connectivity index (χ4n) is 2.47. The molecule has 1 unspecified atom stereocenters. The molecule has 96 valence electrons. The number of rotatable bonds is 2. The molecule has 0 spiro atoms. The predicted molar refractivity (Wildman–Crippen MR) is 64.8 cm³/mol. The van der Waals surface area contributed by atoms with Crippen LogP contribution in [0.5, 0.6) is 0 Å². The Labute approximate surface area is 103 Å². The third-order valence-electron chi connectivity index (χ3n) is 3.47. The number of alkyl halides is 2. The number of aryl methyl sites for hydroxylation is 1. The van der Waals surface area contributed by atoms with Crippen molar-refractivity contribution in [2.75, 3.05) is 18.0 Å². The van der Waals surface area contributed by atoms with Gasteiger partial charge in [-0.3, -0.25) is 4.57 Å². The van der Waals surface area contributed by atoms with Crippen molar-refractivity contribution in [3.05, 3.63) is 18.3 Å². The Morgan fingerprint density at radius 1 is 1.44 bits per heavy atom. The molecular weight excluding hydrogens is 238 g/mol. The predicted octanol–water partition coefficient (Wildman–Crippen LogP) is 2.06. The molecule has 3 rings (SSSR count). The average Bonchev–Trinajstić information content (AvgIpc) is 2.95. The Hall–Kier alpha value is -1.72. The van der Waals surface area contributed by atoms with Crippen molar-refractivity contribution >= 4 is 17.1 Å². The summed E-state index contributed by atoms with van der Waals surface area (Å²) < 4.78 is 27.2. The molecule has 0 aliphatic carbocycles. The standard InChI is InChI=1S/C12H14F2N4/c1-17-11-9(3-2-5-15-11)16-12(17)18-6-4-8(7-18)10(13)14/h2-3,5,8,10H,4,6-7H2,1H3. The zero-order chi connectivity index (χ0) is 12.7. The summed E-state index contributed by atoms with van der Waals surface area (Å²) in [6.45, 7) is 1.00. The Morgan fingerprint density at radius 2 is 2.28 bits per heavy atom. The molecule has 0 saturated carbocycles. The van der Waals surface area contributed by atoms with E-state index in [0.29, 0.717) is 19.5 Å². The van der Waals surface area contributed by atoms with Gasteiger partial charge < -0.3 is 4.90 Å².